The van der Waals surface area contributed by atoms with Crippen LogP contribution in [0.4, 0.5) is 0 Å². The Morgan fingerprint density at radius 2 is 1.77 bits per heavy atom. The minimum atomic E-state index is -0.152. The zero-order valence-corrected chi connectivity index (χ0v) is 16.1. The SMILES string of the molecule is CCN(Cc1ccccc1C)C(=O)CCCNC(=O)c1ccc(Cl)cc1. The highest BCUT2D eigenvalue weighted by Crippen LogP contribution is 2.12. The van der Waals surface area contributed by atoms with E-state index < -0.39 is 0 Å². The van der Waals surface area contributed by atoms with Crippen molar-refractivity contribution in [1.29, 1.82) is 0 Å². The molecule has 2 amide bonds. The van der Waals surface area contributed by atoms with Crippen molar-refractivity contribution in [3.63, 3.8) is 0 Å². The number of hydrogen-bond donors (Lipinski definition) is 1. The molecule has 0 fully saturated rings. The predicted molar refractivity (Wildman–Crippen MR) is 105 cm³/mol. The van der Waals surface area contributed by atoms with Crippen molar-refractivity contribution in [2.45, 2.75) is 33.2 Å². The molecule has 0 aliphatic rings. The van der Waals surface area contributed by atoms with Crippen molar-refractivity contribution < 1.29 is 9.59 Å². The van der Waals surface area contributed by atoms with Crippen molar-refractivity contribution >= 4 is 23.4 Å². The minimum absolute atomic E-state index is 0.108. The van der Waals surface area contributed by atoms with Gasteiger partial charge in [0.25, 0.3) is 5.91 Å². The summed E-state index contributed by atoms with van der Waals surface area (Å²) in [6, 6.07) is 14.8. The van der Waals surface area contributed by atoms with Crippen molar-refractivity contribution in [1.82, 2.24) is 10.2 Å². The third-order valence-corrected chi connectivity index (χ3v) is 4.57. The van der Waals surface area contributed by atoms with Crippen LogP contribution >= 0.6 is 11.6 Å². The molecule has 0 atom stereocenters. The Morgan fingerprint density at radius 1 is 1.08 bits per heavy atom. The van der Waals surface area contributed by atoms with Crippen molar-refractivity contribution in [3.8, 4) is 0 Å². The van der Waals surface area contributed by atoms with Gasteiger partial charge in [-0.15, -0.1) is 0 Å². The number of hydrogen-bond acceptors (Lipinski definition) is 2. The maximum Gasteiger partial charge on any atom is 0.251 e. The molecule has 0 aliphatic heterocycles. The first kappa shape index (κ1) is 20.0. The van der Waals surface area contributed by atoms with Crippen LogP contribution < -0.4 is 5.32 Å². The first-order valence-electron chi connectivity index (χ1n) is 8.87. The van der Waals surface area contributed by atoms with Gasteiger partial charge < -0.3 is 10.2 Å². The highest BCUT2D eigenvalue weighted by molar-refractivity contribution is 6.30. The maximum atomic E-state index is 12.4. The Labute approximate surface area is 160 Å². The van der Waals surface area contributed by atoms with E-state index in [1.165, 1.54) is 11.1 Å². The largest absolute Gasteiger partial charge is 0.352 e. The first-order valence-corrected chi connectivity index (χ1v) is 9.25. The summed E-state index contributed by atoms with van der Waals surface area (Å²) in [7, 11) is 0. The molecule has 1 N–H and O–H groups in total. The molecule has 2 rings (SSSR count). The van der Waals surface area contributed by atoms with E-state index in [9.17, 15) is 9.59 Å². The highest BCUT2D eigenvalue weighted by Gasteiger charge is 2.13. The van der Waals surface area contributed by atoms with Crippen LogP contribution in [0.25, 0.3) is 0 Å². The van der Waals surface area contributed by atoms with Gasteiger partial charge in [0, 0.05) is 36.6 Å². The number of carbonyl (C=O) groups is 2. The monoisotopic (exact) mass is 372 g/mol. The van der Waals surface area contributed by atoms with Gasteiger partial charge in [-0.3, -0.25) is 9.59 Å². The van der Waals surface area contributed by atoms with E-state index in [1.54, 1.807) is 24.3 Å². The number of aryl methyl sites for hydroxylation is 1. The number of benzene rings is 2. The van der Waals surface area contributed by atoms with Gasteiger partial charge in [0.05, 0.1) is 0 Å². The van der Waals surface area contributed by atoms with Crippen molar-refractivity contribution in [3.05, 3.63) is 70.2 Å². The van der Waals surface area contributed by atoms with Gasteiger partial charge in [-0.25, -0.2) is 0 Å². The van der Waals surface area contributed by atoms with Gasteiger partial charge in [-0.1, -0.05) is 35.9 Å². The van der Waals surface area contributed by atoms with Gasteiger partial charge in [0.15, 0.2) is 0 Å². The van der Waals surface area contributed by atoms with Gasteiger partial charge in [-0.2, -0.15) is 0 Å². The second-order valence-corrected chi connectivity index (χ2v) is 6.64. The number of carbonyl (C=O) groups excluding carboxylic acids is 2. The number of amides is 2. The van der Waals surface area contributed by atoms with Gasteiger partial charge in [-0.05, 0) is 55.7 Å². The van der Waals surface area contributed by atoms with E-state index in [0.717, 1.165) is 0 Å². The van der Waals surface area contributed by atoms with Gasteiger partial charge >= 0.3 is 0 Å². The topological polar surface area (TPSA) is 49.4 Å². The third-order valence-electron chi connectivity index (χ3n) is 4.32. The number of halogens is 1. The van der Waals surface area contributed by atoms with E-state index in [4.69, 9.17) is 11.6 Å². The van der Waals surface area contributed by atoms with Crippen LogP contribution in [-0.2, 0) is 11.3 Å². The Bertz CT molecular complexity index is 744. The van der Waals surface area contributed by atoms with E-state index in [-0.39, 0.29) is 11.8 Å². The van der Waals surface area contributed by atoms with Crippen LogP contribution in [0.2, 0.25) is 5.02 Å². The zero-order chi connectivity index (χ0) is 18.9. The molecule has 2 aromatic carbocycles. The molecule has 4 nitrogen and oxygen atoms in total. The minimum Gasteiger partial charge on any atom is -0.352 e. The Kier molecular flexibility index (Phi) is 7.67. The van der Waals surface area contributed by atoms with E-state index >= 15 is 0 Å². The maximum absolute atomic E-state index is 12.4. The second kappa shape index (κ2) is 9.97. The Morgan fingerprint density at radius 3 is 2.42 bits per heavy atom. The van der Waals surface area contributed by atoms with Crippen molar-refractivity contribution in [2.75, 3.05) is 13.1 Å². The molecule has 26 heavy (non-hydrogen) atoms. The molecule has 0 spiro atoms. The van der Waals surface area contributed by atoms with Gasteiger partial charge in [0.1, 0.15) is 0 Å². The number of nitrogens with one attached hydrogen (secondary N) is 1. The lowest BCUT2D eigenvalue weighted by Gasteiger charge is -2.22. The molecule has 0 unspecified atom stereocenters. The van der Waals surface area contributed by atoms with E-state index in [1.807, 2.05) is 24.0 Å². The summed E-state index contributed by atoms with van der Waals surface area (Å²) in [5, 5.41) is 3.43. The third kappa shape index (κ3) is 5.88. The quantitative estimate of drug-likeness (QED) is 0.706. The molecule has 0 aliphatic carbocycles. The summed E-state index contributed by atoms with van der Waals surface area (Å²) >= 11 is 5.82. The normalized spacial score (nSPS) is 10.4. The van der Waals surface area contributed by atoms with Crippen LogP contribution in [0.15, 0.2) is 48.5 Å². The average molecular weight is 373 g/mol. The second-order valence-electron chi connectivity index (χ2n) is 6.20. The molecular weight excluding hydrogens is 348 g/mol. The summed E-state index contributed by atoms with van der Waals surface area (Å²) in [6.45, 7) is 5.80. The molecule has 0 saturated carbocycles. The Balaban J connectivity index is 1.77. The lowest BCUT2D eigenvalue weighted by molar-refractivity contribution is -0.131. The van der Waals surface area contributed by atoms with Crippen LogP contribution in [0, 0.1) is 6.92 Å². The smallest absolute Gasteiger partial charge is 0.251 e. The van der Waals surface area contributed by atoms with E-state index in [2.05, 4.69) is 24.4 Å². The molecule has 0 aromatic heterocycles. The summed E-state index contributed by atoms with van der Waals surface area (Å²) in [5.74, 6) is -0.0436. The lowest BCUT2D eigenvalue weighted by Crippen LogP contribution is -2.31. The summed E-state index contributed by atoms with van der Waals surface area (Å²) in [4.78, 5) is 26.3. The number of nitrogens with zero attached hydrogens (tertiary/aromatic N) is 1. The molecule has 0 saturated heterocycles. The highest BCUT2D eigenvalue weighted by atomic mass is 35.5. The van der Waals surface area contributed by atoms with Crippen LogP contribution in [0.1, 0.15) is 41.3 Å². The van der Waals surface area contributed by atoms with E-state index in [0.29, 0.717) is 43.1 Å². The lowest BCUT2D eigenvalue weighted by atomic mass is 10.1. The van der Waals surface area contributed by atoms with Crippen LogP contribution in [-0.4, -0.2) is 29.8 Å². The van der Waals surface area contributed by atoms with Crippen molar-refractivity contribution in [2.24, 2.45) is 0 Å². The molecular formula is C21H25ClN2O2. The molecule has 2 aromatic rings. The zero-order valence-electron chi connectivity index (χ0n) is 15.3. The van der Waals surface area contributed by atoms with Gasteiger partial charge in [0.2, 0.25) is 5.91 Å². The first-order chi connectivity index (χ1) is 12.5. The summed E-state index contributed by atoms with van der Waals surface area (Å²) < 4.78 is 0. The fourth-order valence-corrected chi connectivity index (χ4v) is 2.80. The Hall–Kier alpha value is -2.33. The van der Waals surface area contributed by atoms with Crippen LogP contribution in [0.5, 0.6) is 0 Å². The molecule has 0 heterocycles. The summed E-state index contributed by atoms with van der Waals surface area (Å²) in [5.41, 5.74) is 2.92. The molecule has 0 bridgehead atoms. The predicted octanol–water partition coefficient (Wildman–Crippen LogP) is 4.21. The average Bonchev–Trinajstić information content (AvgIpc) is 2.64. The summed E-state index contributed by atoms with van der Waals surface area (Å²) in [6.07, 6.45) is 1.03. The molecule has 5 heteroatoms. The number of rotatable bonds is 8. The molecule has 138 valence electrons. The standard InChI is InChI=1S/C21H25ClN2O2/c1-3-24(15-18-8-5-4-7-16(18)2)20(25)9-6-14-23-21(26)17-10-12-19(22)13-11-17/h4-5,7-8,10-13H,3,6,9,14-15H2,1-2H3,(H,23,26). The fourth-order valence-electron chi connectivity index (χ4n) is 2.67. The molecule has 0 radical (unpaired) electrons. The fraction of sp³-hybridized carbons (Fsp3) is 0.333. The van der Waals surface area contributed by atoms with Crippen LogP contribution in [0.3, 0.4) is 0 Å².